The molecule has 1 aromatic carbocycles. The van der Waals surface area contributed by atoms with Gasteiger partial charge in [0.25, 0.3) is 0 Å². The molecule has 4 heteroatoms. The molecule has 0 aliphatic carbocycles. The molecule has 0 aliphatic heterocycles. The zero-order valence-electron chi connectivity index (χ0n) is 11.0. The Balaban J connectivity index is 0.00000180. The highest BCUT2D eigenvalue weighted by Gasteiger charge is 2.15. The molecule has 0 unspecified atom stereocenters. The van der Waals surface area contributed by atoms with Gasteiger partial charge in [-0.05, 0) is 24.5 Å². The zero-order chi connectivity index (χ0) is 13.1. The van der Waals surface area contributed by atoms with E-state index in [1.807, 2.05) is 36.5 Å². The van der Waals surface area contributed by atoms with Crippen molar-refractivity contribution in [1.29, 1.82) is 0 Å². The number of fused-ring (bicyclic) bond motifs is 1. The number of halogens is 1. The third kappa shape index (κ3) is 3.06. The van der Waals surface area contributed by atoms with Crippen molar-refractivity contribution in [3.63, 3.8) is 0 Å². The van der Waals surface area contributed by atoms with Crippen LogP contribution in [0.1, 0.15) is 36.2 Å². The van der Waals surface area contributed by atoms with Crippen LogP contribution in [-0.4, -0.2) is 10.5 Å². The monoisotopic (exact) mass is 278 g/mol. The topological polar surface area (TPSA) is 48.0 Å². The summed E-state index contributed by atoms with van der Waals surface area (Å²) in [5, 5.41) is 1.06. The van der Waals surface area contributed by atoms with E-state index in [-0.39, 0.29) is 24.4 Å². The molecular weight excluding hydrogens is 260 g/mol. The van der Waals surface area contributed by atoms with Crippen LogP contribution in [0.5, 0.6) is 0 Å². The summed E-state index contributed by atoms with van der Waals surface area (Å²) in [6, 6.07) is 7.80. The zero-order valence-corrected chi connectivity index (χ0v) is 11.8. The van der Waals surface area contributed by atoms with Crippen LogP contribution in [0.2, 0.25) is 0 Å². The van der Waals surface area contributed by atoms with E-state index in [4.69, 9.17) is 5.73 Å². The maximum Gasteiger partial charge on any atom is 0.227 e. The molecule has 2 rings (SSSR count). The number of nitrogens with zero attached hydrogens (tertiary/aromatic N) is 1. The summed E-state index contributed by atoms with van der Waals surface area (Å²) >= 11 is 0. The van der Waals surface area contributed by atoms with Crippen LogP contribution in [0.4, 0.5) is 0 Å². The van der Waals surface area contributed by atoms with Crippen LogP contribution < -0.4 is 5.73 Å². The molecule has 0 radical (unpaired) electrons. The lowest BCUT2D eigenvalue weighted by Crippen LogP contribution is -2.09. The van der Waals surface area contributed by atoms with Gasteiger partial charge in [-0.1, -0.05) is 24.3 Å². The first-order chi connectivity index (χ1) is 8.65. The van der Waals surface area contributed by atoms with Crippen molar-refractivity contribution in [3.8, 4) is 0 Å². The Bertz CT molecular complexity index is 589. The predicted octanol–water partition coefficient (Wildman–Crippen LogP) is 3.69. The lowest BCUT2D eigenvalue weighted by molar-refractivity contribution is 0.0941. The van der Waals surface area contributed by atoms with Crippen molar-refractivity contribution in [2.24, 2.45) is 5.73 Å². The molecule has 19 heavy (non-hydrogen) atoms. The van der Waals surface area contributed by atoms with E-state index in [1.165, 1.54) is 0 Å². The summed E-state index contributed by atoms with van der Waals surface area (Å²) in [5.74, 6) is 0.00775. The third-order valence-electron chi connectivity index (χ3n) is 3.16. The van der Waals surface area contributed by atoms with Crippen LogP contribution in [0.3, 0.4) is 0 Å². The Labute approximate surface area is 119 Å². The Morgan fingerprint density at radius 3 is 2.79 bits per heavy atom. The molecule has 0 saturated carbocycles. The summed E-state index contributed by atoms with van der Waals surface area (Å²) < 4.78 is 1.67. The van der Waals surface area contributed by atoms with E-state index in [0.29, 0.717) is 0 Å². The minimum absolute atomic E-state index is 0. The number of allylic oxidation sites excluding steroid dienone is 1. The van der Waals surface area contributed by atoms with E-state index in [1.54, 1.807) is 11.5 Å². The van der Waals surface area contributed by atoms with Crippen molar-refractivity contribution < 1.29 is 4.79 Å². The average Bonchev–Trinajstić information content (AvgIpc) is 2.75. The molecule has 1 heterocycles. The normalized spacial score (nSPS) is 11.9. The fourth-order valence-electron chi connectivity index (χ4n) is 2.21. The molecule has 0 aliphatic rings. The summed E-state index contributed by atoms with van der Waals surface area (Å²) in [6.07, 6.45) is 5.45. The van der Waals surface area contributed by atoms with Crippen molar-refractivity contribution in [3.05, 3.63) is 48.7 Å². The van der Waals surface area contributed by atoms with Crippen LogP contribution in [0.25, 0.3) is 10.9 Å². The van der Waals surface area contributed by atoms with Gasteiger partial charge in [0.2, 0.25) is 5.91 Å². The summed E-state index contributed by atoms with van der Waals surface area (Å²) in [7, 11) is 0. The van der Waals surface area contributed by atoms with Gasteiger partial charge in [-0.3, -0.25) is 9.36 Å². The van der Waals surface area contributed by atoms with E-state index in [9.17, 15) is 4.79 Å². The van der Waals surface area contributed by atoms with Crippen molar-refractivity contribution in [2.75, 3.05) is 0 Å². The van der Waals surface area contributed by atoms with Crippen molar-refractivity contribution in [1.82, 2.24) is 4.57 Å². The molecule has 3 nitrogen and oxygen atoms in total. The molecule has 2 N–H and O–H groups in total. The second kappa shape index (κ2) is 6.55. The van der Waals surface area contributed by atoms with Gasteiger partial charge in [0, 0.05) is 24.5 Å². The van der Waals surface area contributed by atoms with Crippen LogP contribution in [0.15, 0.2) is 43.1 Å². The molecule has 0 amide bonds. The number of benzene rings is 1. The van der Waals surface area contributed by atoms with Gasteiger partial charge in [0.1, 0.15) is 0 Å². The standard InChI is InChI=1S/C15H18N2O.ClH/c1-3-4-8-14(16)13-10-17(11(2)18)15-9-6-5-7-12(13)15;/h3,5-7,9-10,14H,1,4,8,16H2,2H3;1H/t14-;/m1./s1. The molecule has 102 valence electrons. The highest BCUT2D eigenvalue weighted by Crippen LogP contribution is 2.27. The number of aromatic nitrogens is 1. The van der Waals surface area contributed by atoms with Gasteiger partial charge in [-0.15, -0.1) is 19.0 Å². The summed E-state index contributed by atoms with van der Waals surface area (Å²) in [6.45, 7) is 5.27. The minimum atomic E-state index is -0.0616. The lowest BCUT2D eigenvalue weighted by Gasteiger charge is -2.08. The minimum Gasteiger partial charge on any atom is -0.324 e. The van der Waals surface area contributed by atoms with Gasteiger partial charge in [0.15, 0.2) is 0 Å². The number of carbonyl (C=O) groups is 1. The smallest absolute Gasteiger partial charge is 0.227 e. The number of rotatable bonds is 4. The van der Waals surface area contributed by atoms with Gasteiger partial charge in [-0.2, -0.15) is 0 Å². The van der Waals surface area contributed by atoms with Gasteiger partial charge in [-0.25, -0.2) is 0 Å². The van der Waals surface area contributed by atoms with Gasteiger partial charge < -0.3 is 5.73 Å². The van der Waals surface area contributed by atoms with E-state index >= 15 is 0 Å². The van der Waals surface area contributed by atoms with E-state index in [0.717, 1.165) is 29.3 Å². The average molecular weight is 279 g/mol. The van der Waals surface area contributed by atoms with Gasteiger partial charge in [0.05, 0.1) is 5.52 Å². The highest BCUT2D eigenvalue weighted by atomic mass is 35.5. The molecule has 2 aromatic rings. The van der Waals surface area contributed by atoms with E-state index in [2.05, 4.69) is 6.58 Å². The molecule has 0 fully saturated rings. The Hall–Kier alpha value is -1.58. The maximum atomic E-state index is 11.6. The number of hydrogen-bond donors (Lipinski definition) is 1. The first-order valence-electron chi connectivity index (χ1n) is 6.12. The Morgan fingerprint density at radius 2 is 2.16 bits per heavy atom. The van der Waals surface area contributed by atoms with Crippen LogP contribution >= 0.6 is 12.4 Å². The van der Waals surface area contributed by atoms with Gasteiger partial charge >= 0.3 is 0 Å². The number of para-hydroxylation sites is 1. The predicted molar refractivity (Wildman–Crippen MR) is 81.8 cm³/mol. The number of nitrogens with two attached hydrogens (primary N) is 1. The largest absolute Gasteiger partial charge is 0.324 e. The fraction of sp³-hybridized carbons (Fsp3) is 0.267. The molecule has 0 saturated heterocycles. The Kier molecular flexibility index (Phi) is 5.33. The third-order valence-corrected chi connectivity index (χ3v) is 3.16. The first kappa shape index (κ1) is 15.5. The first-order valence-corrected chi connectivity index (χ1v) is 6.12. The Morgan fingerprint density at radius 1 is 1.47 bits per heavy atom. The van der Waals surface area contributed by atoms with Crippen molar-refractivity contribution >= 4 is 29.2 Å². The molecule has 1 atom stereocenters. The molecular formula is C15H19ClN2O. The molecule has 0 spiro atoms. The highest BCUT2D eigenvalue weighted by molar-refractivity contribution is 5.93. The fourth-order valence-corrected chi connectivity index (χ4v) is 2.21. The second-order valence-corrected chi connectivity index (χ2v) is 4.46. The summed E-state index contributed by atoms with van der Waals surface area (Å²) in [4.78, 5) is 11.6. The molecule has 0 bridgehead atoms. The quantitative estimate of drug-likeness (QED) is 0.867. The molecule has 1 aromatic heterocycles. The van der Waals surface area contributed by atoms with Crippen LogP contribution in [-0.2, 0) is 0 Å². The number of carbonyl (C=O) groups excluding carboxylic acids is 1. The second-order valence-electron chi connectivity index (χ2n) is 4.46. The van der Waals surface area contributed by atoms with Crippen LogP contribution in [0, 0.1) is 0 Å². The maximum absolute atomic E-state index is 11.6. The lowest BCUT2D eigenvalue weighted by atomic mass is 10.0. The summed E-state index contributed by atoms with van der Waals surface area (Å²) in [5.41, 5.74) is 8.14. The van der Waals surface area contributed by atoms with E-state index < -0.39 is 0 Å². The SMILES string of the molecule is C=CCC[C@@H](N)c1cn(C(C)=O)c2ccccc12.Cl. The van der Waals surface area contributed by atoms with Crippen molar-refractivity contribution in [2.45, 2.75) is 25.8 Å². The number of hydrogen-bond acceptors (Lipinski definition) is 2.